The molecule has 0 radical (unpaired) electrons. The van der Waals surface area contributed by atoms with Crippen molar-refractivity contribution in [2.45, 2.75) is 30.9 Å². The van der Waals surface area contributed by atoms with Crippen molar-refractivity contribution in [1.29, 1.82) is 10.5 Å². The lowest BCUT2D eigenvalue weighted by Crippen LogP contribution is -2.48. The third kappa shape index (κ3) is 1.86. The van der Waals surface area contributed by atoms with Gasteiger partial charge in [-0.05, 0) is 19.3 Å². The molecule has 0 bridgehead atoms. The van der Waals surface area contributed by atoms with E-state index in [1.807, 2.05) is 12.1 Å². The zero-order chi connectivity index (χ0) is 15.0. The molecular weight excluding hydrogens is 270 g/mol. The third-order valence-electron chi connectivity index (χ3n) is 4.28. The molecule has 2 aliphatic rings. The zero-order valence-electron chi connectivity index (χ0n) is 11.7. The Balaban J connectivity index is 2.13. The van der Waals surface area contributed by atoms with Gasteiger partial charge in [-0.25, -0.2) is 9.97 Å². The average molecular weight is 285 g/mol. The fourth-order valence-corrected chi connectivity index (χ4v) is 3.34. The fourth-order valence-electron chi connectivity index (χ4n) is 3.34. The fraction of sp³-hybridized carbons (Fsp3) is 0.571. The number of anilines is 1. The van der Waals surface area contributed by atoms with E-state index in [4.69, 9.17) is 15.3 Å². The molecule has 1 saturated carbocycles. The predicted molar refractivity (Wildman–Crippen MR) is 72.2 cm³/mol. The molecule has 1 N–H and O–H groups in total. The molecule has 1 aromatic heterocycles. The highest BCUT2D eigenvalue weighted by Gasteiger charge is 2.55. The van der Waals surface area contributed by atoms with E-state index < -0.39 is 5.72 Å². The first-order valence-electron chi connectivity index (χ1n) is 6.86. The minimum Gasteiger partial charge on any atom is -0.383 e. The smallest absolute Gasteiger partial charge is 0.179 e. The number of fused-ring (bicyclic) bond motifs is 3. The Hall–Kier alpha value is -2.22. The summed E-state index contributed by atoms with van der Waals surface area (Å²) in [7, 11) is 1.60. The van der Waals surface area contributed by atoms with Crippen molar-refractivity contribution in [3.8, 4) is 12.1 Å². The molecule has 0 amide bonds. The first-order valence-corrected chi connectivity index (χ1v) is 6.86. The summed E-state index contributed by atoms with van der Waals surface area (Å²) >= 11 is 0. The first kappa shape index (κ1) is 13.7. The lowest BCUT2D eigenvalue weighted by Gasteiger charge is -2.34. The Morgan fingerprint density at radius 3 is 2.76 bits per heavy atom. The average Bonchev–Trinajstić information content (AvgIpc) is 2.97. The zero-order valence-corrected chi connectivity index (χ0v) is 11.7. The molecule has 1 aromatic rings. The van der Waals surface area contributed by atoms with E-state index in [0.29, 0.717) is 31.1 Å². The van der Waals surface area contributed by atoms with Gasteiger partial charge in [-0.2, -0.15) is 10.5 Å². The molecule has 0 saturated heterocycles. The number of nitrogens with zero attached hydrogens (tertiary/aromatic N) is 5. The van der Waals surface area contributed by atoms with E-state index in [1.165, 1.54) is 0 Å². The molecular formula is C14H15N5O2. The van der Waals surface area contributed by atoms with E-state index in [1.54, 1.807) is 12.0 Å². The molecule has 108 valence electrons. The number of aromatic nitrogens is 2. The number of rotatable bonds is 3. The van der Waals surface area contributed by atoms with Gasteiger partial charge in [0.25, 0.3) is 0 Å². The summed E-state index contributed by atoms with van der Waals surface area (Å²) in [5, 5.41) is 29.2. The number of ether oxygens (including phenoxy) is 1. The minimum atomic E-state index is -1.03. The number of hydrogen-bond acceptors (Lipinski definition) is 7. The van der Waals surface area contributed by atoms with Gasteiger partial charge in [0.05, 0.1) is 18.2 Å². The van der Waals surface area contributed by atoms with Gasteiger partial charge in [-0.15, -0.1) is 0 Å². The second-order valence-corrected chi connectivity index (χ2v) is 5.32. The predicted octanol–water partition coefficient (Wildman–Crippen LogP) is 0.642. The second kappa shape index (κ2) is 4.96. The Morgan fingerprint density at radius 1 is 1.38 bits per heavy atom. The van der Waals surface area contributed by atoms with Crippen molar-refractivity contribution in [2.75, 3.05) is 25.2 Å². The molecule has 7 heteroatoms. The van der Waals surface area contributed by atoms with Crippen LogP contribution in [0.2, 0.25) is 0 Å². The molecule has 3 rings (SSSR count). The van der Waals surface area contributed by atoms with E-state index in [9.17, 15) is 5.11 Å². The maximum atomic E-state index is 11.0. The lowest BCUT2D eigenvalue weighted by molar-refractivity contribution is 0.0305. The van der Waals surface area contributed by atoms with Crippen molar-refractivity contribution in [3.05, 3.63) is 17.1 Å². The maximum Gasteiger partial charge on any atom is 0.179 e. The van der Waals surface area contributed by atoms with Crippen LogP contribution in [-0.4, -0.2) is 41.1 Å². The van der Waals surface area contributed by atoms with Crippen molar-refractivity contribution in [2.24, 2.45) is 0 Å². The SMILES string of the molecule is COCCN1c2nc(C#N)c(C#N)nc2C2CCCC21O. The van der Waals surface area contributed by atoms with E-state index >= 15 is 0 Å². The van der Waals surface area contributed by atoms with Crippen LogP contribution in [0.25, 0.3) is 0 Å². The van der Waals surface area contributed by atoms with Crippen LogP contribution < -0.4 is 4.90 Å². The Morgan fingerprint density at radius 2 is 2.10 bits per heavy atom. The van der Waals surface area contributed by atoms with Crippen molar-refractivity contribution in [3.63, 3.8) is 0 Å². The second-order valence-electron chi connectivity index (χ2n) is 5.32. The summed E-state index contributed by atoms with van der Waals surface area (Å²) in [6, 6.07) is 3.80. The third-order valence-corrected chi connectivity index (χ3v) is 4.28. The highest BCUT2D eigenvalue weighted by atomic mass is 16.5. The van der Waals surface area contributed by atoms with Gasteiger partial charge in [-0.1, -0.05) is 0 Å². The highest BCUT2D eigenvalue weighted by molar-refractivity contribution is 5.59. The normalized spacial score (nSPS) is 26.1. The van der Waals surface area contributed by atoms with E-state index in [0.717, 1.165) is 12.8 Å². The molecule has 0 aromatic carbocycles. The summed E-state index contributed by atoms with van der Waals surface area (Å²) < 4.78 is 5.10. The van der Waals surface area contributed by atoms with Crippen molar-refractivity contribution in [1.82, 2.24) is 9.97 Å². The van der Waals surface area contributed by atoms with Crippen LogP contribution in [0.4, 0.5) is 5.82 Å². The van der Waals surface area contributed by atoms with E-state index in [-0.39, 0.29) is 17.3 Å². The highest BCUT2D eigenvalue weighted by Crippen LogP contribution is 2.53. The Labute approximate surface area is 122 Å². The number of hydrogen-bond donors (Lipinski definition) is 1. The monoisotopic (exact) mass is 285 g/mol. The standard InChI is InChI=1S/C14H15N5O2/c1-21-6-5-19-13-12(9-3-2-4-14(9,19)20)17-10(7-15)11(8-16)18-13/h9,20H,2-6H2,1H3. The number of methoxy groups -OCH3 is 1. The topological polar surface area (TPSA) is 106 Å². The quantitative estimate of drug-likeness (QED) is 0.868. The minimum absolute atomic E-state index is 0.00207. The van der Waals surface area contributed by atoms with Gasteiger partial charge < -0.3 is 14.7 Å². The van der Waals surface area contributed by atoms with Gasteiger partial charge in [-0.3, -0.25) is 0 Å². The van der Waals surface area contributed by atoms with E-state index in [2.05, 4.69) is 9.97 Å². The van der Waals surface area contributed by atoms with Crippen LogP contribution in [0.15, 0.2) is 0 Å². The Kier molecular flexibility index (Phi) is 3.25. The van der Waals surface area contributed by atoms with Gasteiger partial charge in [0.2, 0.25) is 0 Å². The molecule has 2 unspecified atom stereocenters. The molecule has 0 spiro atoms. The van der Waals surface area contributed by atoms with Gasteiger partial charge in [0, 0.05) is 13.7 Å². The lowest BCUT2D eigenvalue weighted by atomic mass is 9.99. The van der Waals surface area contributed by atoms with Crippen LogP contribution in [0.5, 0.6) is 0 Å². The summed E-state index contributed by atoms with van der Waals surface area (Å²) in [6.07, 6.45) is 2.33. The molecule has 1 fully saturated rings. The largest absolute Gasteiger partial charge is 0.383 e. The summed E-state index contributed by atoms with van der Waals surface area (Å²) in [5.74, 6) is 0.353. The van der Waals surface area contributed by atoms with Crippen LogP contribution in [0.3, 0.4) is 0 Å². The number of aliphatic hydroxyl groups is 1. The molecule has 1 aliphatic carbocycles. The van der Waals surface area contributed by atoms with Crippen molar-refractivity contribution >= 4 is 5.82 Å². The summed E-state index contributed by atoms with van der Waals surface area (Å²) in [4.78, 5) is 10.3. The molecule has 2 heterocycles. The molecule has 2 atom stereocenters. The summed E-state index contributed by atoms with van der Waals surface area (Å²) in [5.41, 5.74) is -0.371. The van der Waals surface area contributed by atoms with Gasteiger partial charge in [0.15, 0.2) is 17.2 Å². The molecule has 1 aliphatic heterocycles. The van der Waals surface area contributed by atoms with Crippen LogP contribution in [0, 0.1) is 22.7 Å². The summed E-state index contributed by atoms with van der Waals surface area (Å²) in [6.45, 7) is 0.917. The number of nitriles is 2. The molecule has 21 heavy (non-hydrogen) atoms. The van der Waals surface area contributed by atoms with Crippen LogP contribution >= 0.6 is 0 Å². The molecule has 7 nitrogen and oxygen atoms in total. The van der Waals surface area contributed by atoms with Crippen LogP contribution in [-0.2, 0) is 4.74 Å². The van der Waals surface area contributed by atoms with Gasteiger partial charge >= 0.3 is 0 Å². The maximum absolute atomic E-state index is 11.0. The first-order chi connectivity index (χ1) is 10.2. The van der Waals surface area contributed by atoms with Crippen molar-refractivity contribution < 1.29 is 9.84 Å². The van der Waals surface area contributed by atoms with Crippen LogP contribution in [0.1, 0.15) is 42.3 Å². The van der Waals surface area contributed by atoms with Gasteiger partial charge in [0.1, 0.15) is 17.9 Å². The Bertz CT molecular complexity index is 663.